The summed E-state index contributed by atoms with van der Waals surface area (Å²) < 4.78 is 1.72. The average molecular weight is 379 g/mol. The smallest absolute Gasteiger partial charge is 0.321 e. The quantitative estimate of drug-likeness (QED) is 0.567. The van der Waals surface area contributed by atoms with Gasteiger partial charge in [-0.1, -0.05) is 6.07 Å². The van der Waals surface area contributed by atoms with Gasteiger partial charge in [-0.2, -0.15) is 4.98 Å². The Morgan fingerprint density at radius 1 is 1.26 bits per heavy atom. The van der Waals surface area contributed by atoms with E-state index in [1.165, 1.54) is 0 Å². The van der Waals surface area contributed by atoms with Gasteiger partial charge in [0, 0.05) is 30.7 Å². The molecule has 0 unspecified atom stereocenters. The summed E-state index contributed by atoms with van der Waals surface area (Å²) >= 11 is 1.58. The second kappa shape index (κ2) is 7.12. The van der Waals surface area contributed by atoms with E-state index in [1.54, 1.807) is 28.2 Å². The van der Waals surface area contributed by atoms with Gasteiger partial charge in [-0.3, -0.25) is 10.3 Å². The second-order valence-corrected chi connectivity index (χ2v) is 7.04. The number of fused-ring (bicyclic) bond motifs is 1. The fourth-order valence-electron chi connectivity index (χ4n) is 2.70. The van der Waals surface area contributed by atoms with E-state index in [4.69, 9.17) is 0 Å². The van der Waals surface area contributed by atoms with E-state index in [0.29, 0.717) is 12.2 Å². The van der Waals surface area contributed by atoms with Crippen molar-refractivity contribution < 1.29 is 4.79 Å². The van der Waals surface area contributed by atoms with Gasteiger partial charge in [-0.25, -0.2) is 14.3 Å². The maximum absolute atomic E-state index is 11.8. The number of amides is 2. The minimum absolute atomic E-state index is 0.242. The predicted octanol–water partition coefficient (Wildman–Crippen LogP) is 3.36. The maximum atomic E-state index is 11.8. The van der Waals surface area contributed by atoms with Gasteiger partial charge in [-0.15, -0.1) is 16.4 Å². The Morgan fingerprint density at radius 2 is 2.15 bits per heavy atom. The molecular formula is C18H17N7OS. The highest BCUT2D eigenvalue weighted by Gasteiger charge is 2.15. The third-order valence-electron chi connectivity index (χ3n) is 3.87. The lowest BCUT2D eigenvalue weighted by Crippen LogP contribution is -2.28. The molecule has 0 spiro atoms. The molecule has 0 fully saturated rings. The number of urea groups is 1. The van der Waals surface area contributed by atoms with Crippen LogP contribution in [0.5, 0.6) is 0 Å². The number of anilines is 1. The monoisotopic (exact) mass is 379 g/mol. The van der Waals surface area contributed by atoms with Crippen molar-refractivity contribution in [3.63, 3.8) is 0 Å². The lowest BCUT2D eigenvalue weighted by molar-refractivity contribution is 0.252. The van der Waals surface area contributed by atoms with Crippen molar-refractivity contribution in [2.24, 2.45) is 0 Å². The van der Waals surface area contributed by atoms with E-state index in [2.05, 4.69) is 30.7 Å². The summed E-state index contributed by atoms with van der Waals surface area (Å²) in [6, 6.07) is 7.49. The average Bonchev–Trinajstić information content (AvgIpc) is 3.27. The molecule has 0 aliphatic heterocycles. The summed E-state index contributed by atoms with van der Waals surface area (Å²) in [5.41, 5.74) is 3.43. The molecule has 4 rings (SSSR count). The van der Waals surface area contributed by atoms with E-state index in [9.17, 15) is 4.79 Å². The van der Waals surface area contributed by atoms with Gasteiger partial charge in [0.05, 0.1) is 15.6 Å². The first kappa shape index (κ1) is 17.1. The van der Waals surface area contributed by atoms with Crippen LogP contribution in [0.4, 0.5) is 10.7 Å². The molecule has 27 heavy (non-hydrogen) atoms. The summed E-state index contributed by atoms with van der Waals surface area (Å²) in [7, 11) is 0. The number of aryl methyl sites for hydroxylation is 1. The number of carbonyl (C=O) groups excluding carboxylic acids is 1. The number of nitrogens with zero attached hydrogens (tertiary/aromatic N) is 5. The largest absolute Gasteiger partial charge is 0.338 e. The number of thiazole rings is 1. The molecule has 0 radical (unpaired) electrons. The predicted molar refractivity (Wildman–Crippen MR) is 105 cm³/mol. The number of hydrogen-bond acceptors (Lipinski definition) is 6. The van der Waals surface area contributed by atoms with Crippen LogP contribution in [0.2, 0.25) is 0 Å². The van der Waals surface area contributed by atoms with Crippen LogP contribution in [0.3, 0.4) is 0 Å². The second-order valence-electron chi connectivity index (χ2n) is 5.80. The molecule has 0 aliphatic carbocycles. The number of carbonyl (C=O) groups is 1. The Bertz CT molecular complexity index is 1100. The first-order chi connectivity index (χ1) is 13.1. The van der Waals surface area contributed by atoms with Gasteiger partial charge in [0.15, 0.2) is 5.65 Å². The molecule has 0 saturated heterocycles. The van der Waals surface area contributed by atoms with Crippen molar-refractivity contribution in [3.8, 4) is 21.7 Å². The number of nitrogens with one attached hydrogen (secondary N) is 2. The summed E-state index contributed by atoms with van der Waals surface area (Å²) in [5, 5.41) is 10.7. The highest BCUT2D eigenvalue weighted by atomic mass is 32.1. The van der Waals surface area contributed by atoms with Crippen LogP contribution in [-0.2, 0) is 0 Å². The third kappa shape index (κ3) is 3.49. The van der Waals surface area contributed by atoms with Crippen molar-refractivity contribution in [1.29, 1.82) is 0 Å². The van der Waals surface area contributed by atoms with Crippen LogP contribution < -0.4 is 10.6 Å². The van der Waals surface area contributed by atoms with Gasteiger partial charge in [0.2, 0.25) is 0 Å². The molecule has 4 aromatic rings. The van der Waals surface area contributed by atoms with Crippen LogP contribution >= 0.6 is 11.3 Å². The van der Waals surface area contributed by atoms with E-state index in [1.807, 2.05) is 44.3 Å². The molecule has 136 valence electrons. The van der Waals surface area contributed by atoms with Crippen molar-refractivity contribution in [2.75, 3.05) is 11.9 Å². The molecule has 0 atom stereocenters. The van der Waals surface area contributed by atoms with Crippen LogP contribution in [0.1, 0.15) is 11.9 Å². The Kier molecular flexibility index (Phi) is 4.51. The molecular weight excluding hydrogens is 362 g/mol. The zero-order valence-corrected chi connectivity index (χ0v) is 15.6. The number of hydrogen-bond donors (Lipinski definition) is 2. The number of rotatable bonds is 4. The zero-order valence-electron chi connectivity index (χ0n) is 14.8. The van der Waals surface area contributed by atoms with E-state index < -0.39 is 0 Å². The fourth-order valence-corrected chi connectivity index (χ4v) is 3.48. The Balaban J connectivity index is 1.86. The summed E-state index contributed by atoms with van der Waals surface area (Å²) in [6.07, 6.45) is 5.36. The minimum atomic E-state index is -0.337. The van der Waals surface area contributed by atoms with E-state index in [0.717, 1.165) is 26.7 Å². The topological polar surface area (TPSA) is 97.1 Å². The lowest BCUT2D eigenvalue weighted by Gasteiger charge is -2.06. The standard InChI is InChI=1S/C18H17N7OS/c1-3-20-18(26)23-17-22-16-8-13(12-5-4-6-19-9-12)7-14(25(16)24-17)15-10-21-11(2)27-15/h4-10H,3H2,1-2H3,(H2,20,23,24,26). The van der Waals surface area contributed by atoms with Crippen LogP contribution in [0.25, 0.3) is 27.3 Å². The van der Waals surface area contributed by atoms with Gasteiger partial charge < -0.3 is 5.32 Å². The van der Waals surface area contributed by atoms with Gasteiger partial charge in [0.1, 0.15) is 0 Å². The molecule has 4 aromatic heterocycles. The summed E-state index contributed by atoms with van der Waals surface area (Å²) in [5.74, 6) is 0.242. The molecule has 0 aliphatic rings. The van der Waals surface area contributed by atoms with Crippen LogP contribution in [0.15, 0.2) is 42.9 Å². The number of aromatic nitrogens is 5. The van der Waals surface area contributed by atoms with Crippen molar-refractivity contribution in [1.82, 2.24) is 29.9 Å². The highest BCUT2D eigenvalue weighted by molar-refractivity contribution is 7.15. The highest BCUT2D eigenvalue weighted by Crippen LogP contribution is 2.31. The van der Waals surface area contributed by atoms with Crippen molar-refractivity contribution >= 4 is 29.0 Å². The molecule has 2 amide bonds. The van der Waals surface area contributed by atoms with E-state index >= 15 is 0 Å². The van der Waals surface area contributed by atoms with Gasteiger partial charge in [0.25, 0.3) is 5.95 Å². The molecule has 0 bridgehead atoms. The molecule has 8 nitrogen and oxygen atoms in total. The Hall–Kier alpha value is -3.33. The zero-order chi connectivity index (χ0) is 18.8. The molecule has 4 heterocycles. The Morgan fingerprint density at radius 3 is 2.85 bits per heavy atom. The number of pyridine rings is 2. The lowest BCUT2D eigenvalue weighted by atomic mass is 10.1. The minimum Gasteiger partial charge on any atom is -0.338 e. The van der Waals surface area contributed by atoms with Gasteiger partial charge in [-0.05, 0) is 37.6 Å². The Labute approximate surface area is 159 Å². The first-order valence-corrected chi connectivity index (χ1v) is 9.24. The molecule has 9 heteroatoms. The fraction of sp³-hybridized carbons (Fsp3) is 0.167. The van der Waals surface area contributed by atoms with Crippen LogP contribution in [-0.4, -0.2) is 37.1 Å². The van der Waals surface area contributed by atoms with Crippen molar-refractivity contribution in [2.45, 2.75) is 13.8 Å². The summed E-state index contributed by atoms with van der Waals surface area (Å²) in [6.45, 7) is 4.33. The first-order valence-electron chi connectivity index (χ1n) is 8.43. The molecule has 2 N–H and O–H groups in total. The van der Waals surface area contributed by atoms with Crippen LogP contribution in [0, 0.1) is 6.92 Å². The molecule has 0 aromatic carbocycles. The van der Waals surface area contributed by atoms with Crippen molar-refractivity contribution in [3.05, 3.63) is 47.9 Å². The van der Waals surface area contributed by atoms with Gasteiger partial charge >= 0.3 is 6.03 Å². The SMILES string of the molecule is CCNC(=O)Nc1nc2cc(-c3cccnc3)cc(-c3cnc(C)s3)n2n1. The maximum Gasteiger partial charge on any atom is 0.321 e. The van der Waals surface area contributed by atoms with E-state index in [-0.39, 0.29) is 12.0 Å². The summed E-state index contributed by atoms with van der Waals surface area (Å²) in [4.78, 5) is 25.8. The normalized spacial score (nSPS) is 10.9. The third-order valence-corrected chi connectivity index (χ3v) is 4.80. The molecule has 0 saturated carbocycles.